The molecule has 0 spiro atoms. The summed E-state index contributed by atoms with van der Waals surface area (Å²) in [7, 11) is 0. The van der Waals surface area contributed by atoms with Crippen LogP contribution in [0.1, 0.15) is 52.5 Å². The van der Waals surface area contributed by atoms with Gasteiger partial charge in [-0.25, -0.2) is 0 Å². The van der Waals surface area contributed by atoms with Gasteiger partial charge in [0, 0.05) is 25.2 Å². The molecule has 1 fully saturated rings. The van der Waals surface area contributed by atoms with Crippen LogP contribution in [0.2, 0.25) is 5.02 Å². The van der Waals surface area contributed by atoms with E-state index in [9.17, 15) is 0 Å². The zero-order chi connectivity index (χ0) is 15.5. The summed E-state index contributed by atoms with van der Waals surface area (Å²) in [6.45, 7) is 12.0. The van der Waals surface area contributed by atoms with E-state index in [4.69, 9.17) is 11.6 Å². The standard InChI is InChI=1S/C18H29ClN2/c1-5-14-8-7-11-21(13-14)17-15(9-6-10-16(17)19)12-20-18(2,3)4/h6,9-10,14,20H,5,7-8,11-13H2,1-4H3. The number of nitrogens with one attached hydrogen (secondary N) is 1. The van der Waals surface area contributed by atoms with E-state index < -0.39 is 0 Å². The number of hydrogen-bond acceptors (Lipinski definition) is 2. The van der Waals surface area contributed by atoms with E-state index >= 15 is 0 Å². The molecule has 1 saturated heterocycles. The number of para-hydroxylation sites is 1. The Balaban J connectivity index is 2.21. The normalized spacial score (nSPS) is 19.9. The molecule has 0 aliphatic carbocycles. The summed E-state index contributed by atoms with van der Waals surface area (Å²) in [5, 5.41) is 4.47. The lowest BCUT2D eigenvalue weighted by atomic mass is 9.94. The van der Waals surface area contributed by atoms with E-state index in [-0.39, 0.29) is 5.54 Å². The zero-order valence-corrected chi connectivity index (χ0v) is 14.6. The smallest absolute Gasteiger partial charge is 0.0642 e. The Morgan fingerprint density at radius 1 is 1.33 bits per heavy atom. The maximum atomic E-state index is 6.53. The fraction of sp³-hybridized carbons (Fsp3) is 0.667. The van der Waals surface area contributed by atoms with Gasteiger partial charge >= 0.3 is 0 Å². The summed E-state index contributed by atoms with van der Waals surface area (Å²) in [6, 6.07) is 6.29. The predicted molar refractivity (Wildman–Crippen MR) is 93.3 cm³/mol. The summed E-state index contributed by atoms with van der Waals surface area (Å²) in [5.74, 6) is 0.804. The molecule has 1 unspecified atom stereocenters. The second-order valence-electron chi connectivity index (χ2n) is 7.21. The first kappa shape index (κ1) is 16.6. The Morgan fingerprint density at radius 3 is 2.76 bits per heavy atom. The van der Waals surface area contributed by atoms with Crippen LogP contribution >= 0.6 is 11.6 Å². The highest BCUT2D eigenvalue weighted by Gasteiger charge is 2.22. The van der Waals surface area contributed by atoms with Crippen molar-refractivity contribution < 1.29 is 0 Å². The van der Waals surface area contributed by atoms with Crippen LogP contribution < -0.4 is 10.2 Å². The quantitative estimate of drug-likeness (QED) is 0.855. The number of piperidine rings is 1. The van der Waals surface area contributed by atoms with Gasteiger partial charge in [-0.2, -0.15) is 0 Å². The lowest BCUT2D eigenvalue weighted by Crippen LogP contribution is -2.38. The maximum absolute atomic E-state index is 6.53. The van der Waals surface area contributed by atoms with Gasteiger partial charge in [0.05, 0.1) is 10.7 Å². The van der Waals surface area contributed by atoms with Gasteiger partial charge in [0.25, 0.3) is 0 Å². The van der Waals surface area contributed by atoms with Gasteiger partial charge in [0.2, 0.25) is 0 Å². The minimum Gasteiger partial charge on any atom is -0.370 e. The van der Waals surface area contributed by atoms with Gasteiger partial charge in [-0.05, 0) is 51.2 Å². The number of rotatable bonds is 4. The molecule has 1 aliphatic rings. The third kappa shape index (κ3) is 4.62. The molecule has 1 atom stereocenters. The first-order valence-electron chi connectivity index (χ1n) is 8.18. The van der Waals surface area contributed by atoms with Crippen molar-refractivity contribution in [3.63, 3.8) is 0 Å². The Kier molecular flexibility index (Phi) is 5.56. The second-order valence-corrected chi connectivity index (χ2v) is 7.62. The van der Waals surface area contributed by atoms with E-state index in [1.54, 1.807) is 0 Å². The van der Waals surface area contributed by atoms with Crippen molar-refractivity contribution in [3.8, 4) is 0 Å². The van der Waals surface area contributed by atoms with Gasteiger partial charge in [-0.15, -0.1) is 0 Å². The first-order chi connectivity index (χ1) is 9.90. The minimum absolute atomic E-state index is 0.118. The lowest BCUT2D eigenvalue weighted by Gasteiger charge is -2.36. The molecule has 2 rings (SSSR count). The molecule has 1 N–H and O–H groups in total. The Bertz CT molecular complexity index is 465. The van der Waals surface area contributed by atoms with Crippen LogP contribution in [0, 0.1) is 5.92 Å². The largest absolute Gasteiger partial charge is 0.370 e. The minimum atomic E-state index is 0.118. The fourth-order valence-electron chi connectivity index (χ4n) is 3.02. The molecule has 1 heterocycles. The second kappa shape index (κ2) is 7.02. The number of benzene rings is 1. The highest BCUT2D eigenvalue weighted by Crippen LogP contribution is 2.34. The van der Waals surface area contributed by atoms with Crippen molar-refractivity contribution in [2.75, 3.05) is 18.0 Å². The van der Waals surface area contributed by atoms with Crippen molar-refractivity contribution in [2.45, 2.75) is 59.0 Å². The molecular weight excluding hydrogens is 280 g/mol. The summed E-state index contributed by atoms with van der Waals surface area (Å²) in [6.07, 6.45) is 3.89. The highest BCUT2D eigenvalue weighted by molar-refractivity contribution is 6.33. The summed E-state index contributed by atoms with van der Waals surface area (Å²) >= 11 is 6.53. The molecule has 1 aromatic rings. The van der Waals surface area contributed by atoms with Gasteiger partial charge in [0.15, 0.2) is 0 Å². The molecule has 0 bridgehead atoms. The van der Waals surface area contributed by atoms with E-state index in [1.165, 1.54) is 30.5 Å². The highest BCUT2D eigenvalue weighted by atomic mass is 35.5. The molecule has 0 saturated carbocycles. The van der Waals surface area contributed by atoms with E-state index in [0.29, 0.717) is 0 Å². The molecular formula is C18H29ClN2. The van der Waals surface area contributed by atoms with Gasteiger partial charge in [0.1, 0.15) is 0 Å². The Hall–Kier alpha value is -0.730. The van der Waals surface area contributed by atoms with Crippen molar-refractivity contribution in [3.05, 3.63) is 28.8 Å². The molecule has 2 nitrogen and oxygen atoms in total. The van der Waals surface area contributed by atoms with Crippen molar-refractivity contribution in [1.29, 1.82) is 0 Å². The monoisotopic (exact) mass is 308 g/mol. The van der Waals surface area contributed by atoms with Gasteiger partial charge in [-0.1, -0.05) is 37.1 Å². The zero-order valence-electron chi connectivity index (χ0n) is 13.9. The maximum Gasteiger partial charge on any atom is 0.0642 e. The van der Waals surface area contributed by atoms with Crippen molar-refractivity contribution in [2.24, 2.45) is 5.92 Å². The number of halogens is 1. The summed E-state index contributed by atoms with van der Waals surface area (Å²) in [4.78, 5) is 2.50. The van der Waals surface area contributed by atoms with Crippen molar-refractivity contribution >= 4 is 17.3 Å². The Labute approximate surface area is 134 Å². The van der Waals surface area contributed by atoms with Crippen LogP contribution in [-0.2, 0) is 6.54 Å². The van der Waals surface area contributed by atoms with Crippen LogP contribution in [0.15, 0.2) is 18.2 Å². The van der Waals surface area contributed by atoms with Crippen LogP contribution in [0.3, 0.4) is 0 Å². The van der Waals surface area contributed by atoms with Crippen LogP contribution in [-0.4, -0.2) is 18.6 Å². The van der Waals surface area contributed by atoms with Crippen LogP contribution in [0.5, 0.6) is 0 Å². The SMILES string of the molecule is CCC1CCCN(c2c(Cl)cccc2CNC(C)(C)C)C1. The number of hydrogen-bond donors (Lipinski definition) is 1. The molecule has 21 heavy (non-hydrogen) atoms. The lowest BCUT2D eigenvalue weighted by molar-refractivity contribution is 0.401. The topological polar surface area (TPSA) is 15.3 Å². The molecule has 0 amide bonds. The first-order valence-corrected chi connectivity index (χ1v) is 8.56. The van der Waals surface area contributed by atoms with Gasteiger partial charge < -0.3 is 10.2 Å². The van der Waals surface area contributed by atoms with Crippen LogP contribution in [0.4, 0.5) is 5.69 Å². The number of anilines is 1. The molecule has 3 heteroatoms. The van der Waals surface area contributed by atoms with Crippen molar-refractivity contribution in [1.82, 2.24) is 5.32 Å². The fourth-order valence-corrected chi connectivity index (χ4v) is 3.33. The molecule has 1 aliphatic heterocycles. The molecule has 1 aromatic carbocycles. The number of nitrogens with zero attached hydrogens (tertiary/aromatic N) is 1. The average Bonchev–Trinajstić information content (AvgIpc) is 2.44. The predicted octanol–water partition coefficient (Wildman–Crippen LogP) is 4.85. The summed E-state index contributed by atoms with van der Waals surface area (Å²) in [5.41, 5.74) is 2.68. The van der Waals surface area contributed by atoms with E-state index in [0.717, 1.165) is 30.6 Å². The molecule has 0 radical (unpaired) electrons. The Morgan fingerprint density at radius 2 is 2.10 bits per heavy atom. The third-order valence-electron chi connectivity index (χ3n) is 4.29. The van der Waals surface area contributed by atoms with E-state index in [1.807, 2.05) is 6.07 Å². The average molecular weight is 309 g/mol. The molecule has 118 valence electrons. The molecule has 0 aromatic heterocycles. The third-order valence-corrected chi connectivity index (χ3v) is 4.60. The van der Waals surface area contributed by atoms with E-state index in [2.05, 4.69) is 50.0 Å². The van der Waals surface area contributed by atoms with Crippen LogP contribution in [0.25, 0.3) is 0 Å². The summed E-state index contributed by atoms with van der Waals surface area (Å²) < 4.78 is 0. The van der Waals surface area contributed by atoms with Gasteiger partial charge in [-0.3, -0.25) is 0 Å².